The maximum atomic E-state index is 9.34. The Morgan fingerprint density at radius 2 is 2.16 bits per heavy atom. The van der Waals surface area contributed by atoms with Gasteiger partial charge in [0.05, 0.1) is 23.7 Å². The first-order valence-corrected chi connectivity index (χ1v) is 6.40. The van der Waals surface area contributed by atoms with Gasteiger partial charge in [-0.15, -0.1) is 0 Å². The smallest absolute Gasteiger partial charge is 0.226 e. The maximum absolute atomic E-state index is 9.34. The number of aliphatic hydroxyl groups is 1. The molecule has 2 aromatic rings. The molecule has 2 aromatic heterocycles. The molecule has 0 fully saturated rings. The normalized spacial score (nSPS) is 11.8. The Labute approximate surface area is 111 Å². The molecule has 0 amide bonds. The van der Waals surface area contributed by atoms with Crippen LogP contribution in [0.15, 0.2) is 6.20 Å². The molecule has 7 heteroatoms. The number of rotatable bonds is 6. The first kappa shape index (κ1) is 13.5. The fourth-order valence-corrected chi connectivity index (χ4v) is 1.61. The van der Waals surface area contributed by atoms with Crippen molar-refractivity contribution in [3.05, 3.63) is 6.20 Å². The van der Waals surface area contributed by atoms with E-state index in [-0.39, 0.29) is 6.61 Å². The summed E-state index contributed by atoms with van der Waals surface area (Å²) in [6, 6.07) is 0. The number of H-pyrrole nitrogens is 1. The minimum absolute atomic E-state index is 0.00801. The first-order valence-electron chi connectivity index (χ1n) is 6.40. The van der Waals surface area contributed by atoms with E-state index >= 15 is 0 Å². The first-order chi connectivity index (χ1) is 9.05. The van der Waals surface area contributed by atoms with E-state index in [4.69, 9.17) is 0 Å². The van der Waals surface area contributed by atoms with Crippen LogP contribution in [0, 0.1) is 0 Å². The van der Waals surface area contributed by atoms with Gasteiger partial charge in [0.1, 0.15) is 5.82 Å². The van der Waals surface area contributed by atoms with Crippen LogP contribution in [-0.2, 0) is 0 Å². The van der Waals surface area contributed by atoms with Gasteiger partial charge in [-0.05, 0) is 20.3 Å². The molecule has 0 aliphatic carbocycles. The molecule has 0 atom stereocenters. The van der Waals surface area contributed by atoms with Gasteiger partial charge in [-0.2, -0.15) is 15.1 Å². The number of aromatic nitrogens is 4. The summed E-state index contributed by atoms with van der Waals surface area (Å²) in [7, 11) is 0. The molecule has 0 aromatic carbocycles. The van der Waals surface area contributed by atoms with Crippen molar-refractivity contribution in [1.29, 1.82) is 0 Å². The number of aliphatic hydroxyl groups excluding tert-OH is 1. The largest absolute Gasteiger partial charge is 0.394 e. The van der Waals surface area contributed by atoms with Gasteiger partial charge in [0.15, 0.2) is 5.65 Å². The average molecular weight is 264 g/mol. The lowest BCUT2D eigenvalue weighted by atomic mass is 10.1. The van der Waals surface area contributed by atoms with Crippen LogP contribution < -0.4 is 10.6 Å². The summed E-state index contributed by atoms with van der Waals surface area (Å²) in [6.45, 7) is 6.70. The SMILES string of the molecule is CCCNc1nc(NC(C)(C)CO)c2cn[nH]c2n1. The van der Waals surface area contributed by atoms with Crippen LogP contribution in [-0.4, -0.2) is 44.0 Å². The van der Waals surface area contributed by atoms with Crippen molar-refractivity contribution in [3.8, 4) is 0 Å². The van der Waals surface area contributed by atoms with Crippen molar-refractivity contribution in [2.75, 3.05) is 23.8 Å². The molecule has 2 rings (SSSR count). The van der Waals surface area contributed by atoms with Gasteiger partial charge < -0.3 is 15.7 Å². The van der Waals surface area contributed by atoms with Gasteiger partial charge >= 0.3 is 0 Å². The van der Waals surface area contributed by atoms with Crippen LogP contribution in [0.25, 0.3) is 11.0 Å². The zero-order valence-corrected chi connectivity index (χ0v) is 11.5. The summed E-state index contributed by atoms with van der Waals surface area (Å²) < 4.78 is 0. The van der Waals surface area contributed by atoms with Crippen molar-refractivity contribution in [1.82, 2.24) is 20.2 Å². The van der Waals surface area contributed by atoms with E-state index in [1.54, 1.807) is 6.20 Å². The van der Waals surface area contributed by atoms with E-state index in [2.05, 4.69) is 37.7 Å². The zero-order chi connectivity index (χ0) is 13.9. The minimum Gasteiger partial charge on any atom is -0.394 e. The number of hydrogen-bond donors (Lipinski definition) is 4. The summed E-state index contributed by atoms with van der Waals surface area (Å²) in [5.74, 6) is 1.21. The van der Waals surface area contributed by atoms with Gasteiger partial charge in [-0.25, -0.2) is 0 Å². The van der Waals surface area contributed by atoms with Crippen molar-refractivity contribution in [2.24, 2.45) is 0 Å². The third kappa shape index (κ3) is 3.11. The van der Waals surface area contributed by atoms with Gasteiger partial charge in [-0.1, -0.05) is 6.92 Å². The second-order valence-corrected chi connectivity index (χ2v) is 5.12. The molecule has 2 heterocycles. The Kier molecular flexibility index (Phi) is 3.84. The Hall–Kier alpha value is -1.89. The number of anilines is 2. The fourth-order valence-electron chi connectivity index (χ4n) is 1.61. The highest BCUT2D eigenvalue weighted by molar-refractivity contribution is 5.87. The van der Waals surface area contributed by atoms with Crippen LogP contribution in [0.4, 0.5) is 11.8 Å². The standard InChI is InChI=1S/C12H20N6O/c1-4-5-13-11-15-9(17-12(2,3)7-19)8-6-14-18-10(8)16-11/h6,19H,4-5,7H2,1-3H3,(H3,13,14,15,16,17,18). The molecular formula is C12H20N6O. The molecule has 19 heavy (non-hydrogen) atoms. The van der Waals surface area contributed by atoms with Crippen LogP contribution in [0.3, 0.4) is 0 Å². The molecule has 0 saturated carbocycles. The molecule has 0 bridgehead atoms. The third-order valence-corrected chi connectivity index (χ3v) is 2.69. The molecular weight excluding hydrogens is 244 g/mol. The molecule has 0 unspecified atom stereocenters. The molecule has 104 valence electrons. The number of fused-ring (bicyclic) bond motifs is 1. The van der Waals surface area contributed by atoms with E-state index in [0.29, 0.717) is 17.4 Å². The Morgan fingerprint density at radius 3 is 2.84 bits per heavy atom. The molecule has 0 spiro atoms. The monoisotopic (exact) mass is 264 g/mol. The Balaban J connectivity index is 2.36. The summed E-state index contributed by atoms with van der Waals surface area (Å²) in [5.41, 5.74) is 0.213. The van der Waals surface area contributed by atoms with Gasteiger partial charge in [0, 0.05) is 6.54 Å². The third-order valence-electron chi connectivity index (χ3n) is 2.69. The van der Waals surface area contributed by atoms with Crippen molar-refractivity contribution in [3.63, 3.8) is 0 Å². The summed E-state index contributed by atoms with van der Waals surface area (Å²) in [6.07, 6.45) is 2.67. The van der Waals surface area contributed by atoms with Crippen molar-refractivity contribution < 1.29 is 5.11 Å². The summed E-state index contributed by atoms with van der Waals surface area (Å²) >= 11 is 0. The van der Waals surface area contributed by atoms with Crippen LogP contribution >= 0.6 is 0 Å². The molecule has 0 radical (unpaired) electrons. The molecule has 0 aliphatic heterocycles. The minimum atomic E-state index is -0.458. The molecule has 4 N–H and O–H groups in total. The predicted octanol–water partition coefficient (Wildman–Crippen LogP) is 1.36. The number of nitrogens with one attached hydrogen (secondary N) is 3. The summed E-state index contributed by atoms with van der Waals surface area (Å²) in [5, 5.41) is 23.3. The molecule has 0 saturated heterocycles. The quantitative estimate of drug-likeness (QED) is 0.629. The summed E-state index contributed by atoms with van der Waals surface area (Å²) in [4.78, 5) is 8.79. The number of nitrogens with zero attached hydrogens (tertiary/aromatic N) is 3. The van der Waals surface area contributed by atoms with Crippen LogP contribution in [0.1, 0.15) is 27.2 Å². The second-order valence-electron chi connectivity index (χ2n) is 5.12. The van der Waals surface area contributed by atoms with E-state index < -0.39 is 5.54 Å². The van der Waals surface area contributed by atoms with Gasteiger partial charge in [0.2, 0.25) is 5.95 Å². The zero-order valence-electron chi connectivity index (χ0n) is 11.5. The lowest BCUT2D eigenvalue weighted by molar-refractivity contribution is 0.234. The molecule has 7 nitrogen and oxygen atoms in total. The second kappa shape index (κ2) is 5.40. The number of hydrogen-bond acceptors (Lipinski definition) is 6. The van der Waals surface area contributed by atoms with Crippen LogP contribution in [0.5, 0.6) is 0 Å². The number of aromatic amines is 1. The predicted molar refractivity (Wildman–Crippen MR) is 75.3 cm³/mol. The van der Waals surface area contributed by atoms with Crippen molar-refractivity contribution >= 4 is 22.8 Å². The molecule has 0 aliphatic rings. The highest BCUT2D eigenvalue weighted by Gasteiger charge is 2.19. The highest BCUT2D eigenvalue weighted by atomic mass is 16.3. The van der Waals surface area contributed by atoms with Crippen LogP contribution in [0.2, 0.25) is 0 Å². The van der Waals surface area contributed by atoms with E-state index in [9.17, 15) is 5.11 Å². The highest BCUT2D eigenvalue weighted by Crippen LogP contribution is 2.23. The lowest BCUT2D eigenvalue weighted by Crippen LogP contribution is -2.35. The van der Waals surface area contributed by atoms with E-state index in [0.717, 1.165) is 18.4 Å². The fraction of sp³-hybridized carbons (Fsp3) is 0.583. The lowest BCUT2D eigenvalue weighted by Gasteiger charge is -2.24. The average Bonchev–Trinajstić information content (AvgIpc) is 2.84. The van der Waals surface area contributed by atoms with Gasteiger partial charge in [-0.3, -0.25) is 5.10 Å². The van der Waals surface area contributed by atoms with E-state index in [1.165, 1.54) is 0 Å². The Bertz CT molecular complexity index is 550. The maximum Gasteiger partial charge on any atom is 0.226 e. The topological polar surface area (TPSA) is 98.8 Å². The van der Waals surface area contributed by atoms with Crippen molar-refractivity contribution in [2.45, 2.75) is 32.7 Å². The van der Waals surface area contributed by atoms with E-state index in [1.807, 2.05) is 13.8 Å². The Morgan fingerprint density at radius 1 is 1.37 bits per heavy atom. The van der Waals surface area contributed by atoms with Gasteiger partial charge in [0.25, 0.3) is 0 Å².